The summed E-state index contributed by atoms with van der Waals surface area (Å²) >= 11 is 0. The van der Waals surface area contributed by atoms with E-state index in [9.17, 15) is 4.79 Å². The van der Waals surface area contributed by atoms with Crippen molar-refractivity contribution in [2.24, 2.45) is 0 Å². The van der Waals surface area contributed by atoms with Crippen LogP contribution in [0.3, 0.4) is 0 Å². The van der Waals surface area contributed by atoms with Crippen LogP contribution in [-0.4, -0.2) is 29.4 Å². The summed E-state index contributed by atoms with van der Waals surface area (Å²) in [6.45, 7) is 5.28. The predicted molar refractivity (Wildman–Crippen MR) is 84.9 cm³/mol. The molecule has 1 heterocycles. The normalized spacial score (nSPS) is 21.8. The number of fused-ring (bicyclic) bond motifs is 1. The summed E-state index contributed by atoms with van der Waals surface area (Å²) in [4.78, 5) is 14.9. The monoisotopic (exact) mass is 284 g/mol. The van der Waals surface area contributed by atoms with Gasteiger partial charge in [-0.2, -0.15) is 0 Å². The van der Waals surface area contributed by atoms with Crippen molar-refractivity contribution in [2.75, 3.05) is 6.54 Å². The topological polar surface area (TPSA) is 32.3 Å². The van der Waals surface area contributed by atoms with E-state index in [1.165, 1.54) is 24.0 Å². The minimum atomic E-state index is -0.0829. The number of nitrogens with zero attached hydrogens (tertiary/aromatic N) is 1. The average molecular weight is 284 g/mol. The van der Waals surface area contributed by atoms with Crippen molar-refractivity contribution >= 4 is 5.91 Å². The van der Waals surface area contributed by atoms with E-state index >= 15 is 0 Å². The lowest BCUT2D eigenvalue weighted by molar-refractivity contribution is -0.135. The molecule has 0 saturated heterocycles. The highest BCUT2D eigenvalue weighted by Crippen LogP contribution is 2.25. The molecule has 1 fully saturated rings. The van der Waals surface area contributed by atoms with Crippen molar-refractivity contribution in [3.63, 3.8) is 0 Å². The lowest BCUT2D eigenvalue weighted by Gasteiger charge is -2.34. The summed E-state index contributed by atoms with van der Waals surface area (Å²) in [5.41, 5.74) is 2.62. The van der Waals surface area contributed by atoms with Crippen molar-refractivity contribution in [3.8, 4) is 0 Å². The maximum atomic E-state index is 12.9. The summed E-state index contributed by atoms with van der Waals surface area (Å²) in [6, 6.07) is 8.73. The molecule has 0 unspecified atom stereocenters. The van der Waals surface area contributed by atoms with E-state index in [2.05, 4.69) is 36.2 Å². The molecule has 3 rings (SSSR count). The van der Waals surface area contributed by atoms with Gasteiger partial charge in [-0.3, -0.25) is 4.79 Å². The highest BCUT2D eigenvalue weighted by Gasteiger charge is 2.32. The number of rotatable bonds is 4. The van der Waals surface area contributed by atoms with Crippen LogP contribution in [0.4, 0.5) is 0 Å². The minimum Gasteiger partial charge on any atom is -0.335 e. The third kappa shape index (κ3) is 3.03. The van der Waals surface area contributed by atoms with Gasteiger partial charge in [0.25, 0.3) is 0 Å². The number of carbonyl (C=O) groups excluding carboxylic acids is 1. The first-order chi connectivity index (χ1) is 10.3. The molecular weight excluding hydrogens is 260 g/mol. The summed E-state index contributed by atoms with van der Waals surface area (Å²) < 4.78 is 0. The molecule has 21 heavy (non-hydrogen) atoms. The third-order valence-electron chi connectivity index (χ3n) is 4.75. The molecule has 1 N–H and O–H groups in total. The number of amides is 1. The third-order valence-corrected chi connectivity index (χ3v) is 4.75. The molecule has 1 aromatic rings. The zero-order valence-corrected chi connectivity index (χ0v) is 12.6. The van der Waals surface area contributed by atoms with Gasteiger partial charge >= 0.3 is 0 Å². The van der Waals surface area contributed by atoms with Gasteiger partial charge in [-0.05, 0) is 30.4 Å². The van der Waals surface area contributed by atoms with Crippen LogP contribution in [0, 0.1) is 0 Å². The van der Waals surface area contributed by atoms with Gasteiger partial charge in [0, 0.05) is 19.1 Å². The Morgan fingerprint density at radius 1 is 1.29 bits per heavy atom. The van der Waals surface area contributed by atoms with Crippen molar-refractivity contribution in [3.05, 3.63) is 48.0 Å². The van der Waals surface area contributed by atoms with Crippen LogP contribution in [0.25, 0.3) is 0 Å². The number of carbonyl (C=O) groups is 1. The van der Waals surface area contributed by atoms with E-state index in [-0.39, 0.29) is 11.9 Å². The molecule has 0 bridgehead atoms. The van der Waals surface area contributed by atoms with Gasteiger partial charge in [0.2, 0.25) is 5.91 Å². The number of hydrogen-bond donors (Lipinski definition) is 1. The largest absolute Gasteiger partial charge is 0.335 e. The maximum absolute atomic E-state index is 12.9. The second-order valence-electron chi connectivity index (χ2n) is 6.12. The molecule has 112 valence electrons. The highest BCUT2D eigenvalue weighted by molar-refractivity contribution is 5.83. The van der Waals surface area contributed by atoms with Gasteiger partial charge in [0.15, 0.2) is 0 Å². The molecular formula is C18H24N2O. The number of benzene rings is 1. The Balaban J connectivity index is 1.73. The van der Waals surface area contributed by atoms with Gasteiger partial charge in [-0.25, -0.2) is 0 Å². The van der Waals surface area contributed by atoms with Crippen LogP contribution in [0.15, 0.2) is 36.9 Å². The molecule has 1 amide bonds. The van der Waals surface area contributed by atoms with Crippen LogP contribution < -0.4 is 5.32 Å². The SMILES string of the molecule is C=CCN(C(=O)[C@@H]1Cc2ccccc2CN1)C1CCCC1. The Labute approximate surface area is 127 Å². The standard InChI is InChI=1S/C18H24N2O/c1-2-11-20(16-9-5-6-10-16)18(21)17-12-14-7-3-4-8-15(14)13-19-17/h2-4,7-8,16-17,19H,1,5-6,9-13H2/t17-/m0/s1. The van der Waals surface area contributed by atoms with Crippen molar-refractivity contribution < 1.29 is 4.79 Å². The van der Waals surface area contributed by atoms with Crippen LogP contribution >= 0.6 is 0 Å². The van der Waals surface area contributed by atoms with E-state index in [1.54, 1.807) is 0 Å². The van der Waals surface area contributed by atoms with Crippen LogP contribution in [-0.2, 0) is 17.8 Å². The molecule has 0 radical (unpaired) electrons. The van der Waals surface area contributed by atoms with Gasteiger partial charge in [-0.1, -0.05) is 43.2 Å². The summed E-state index contributed by atoms with van der Waals surface area (Å²) in [5.74, 6) is 0.247. The van der Waals surface area contributed by atoms with E-state index in [0.29, 0.717) is 12.6 Å². The van der Waals surface area contributed by atoms with E-state index < -0.39 is 0 Å². The van der Waals surface area contributed by atoms with Crippen LogP contribution in [0.2, 0.25) is 0 Å². The quantitative estimate of drug-likeness (QED) is 0.862. The van der Waals surface area contributed by atoms with Crippen LogP contribution in [0.1, 0.15) is 36.8 Å². The zero-order valence-electron chi connectivity index (χ0n) is 12.6. The van der Waals surface area contributed by atoms with E-state index in [0.717, 1.165) is 25.8 Å². The second kappa shape index (κ2) is 6.44. The van der Waals surface area contributed by atoms with E-state index in [1.807, 2.05) is 11.0 Å². The Morgan fingerprint density at radius 3 is 2.71 bits per heavy atom. The molecule has 3 heteroatoms. The summed E-state index contributed by atoms with van der Waals surface area (Å²) in [6.07, 6.45) is 7.42. The Bertz CT molecular complexity index is 520. The van der Waals surface area contributed by atoms with Gasteiger partial charge in [0.1, 0.15) is 0 Å². The lowest BCUT2D eigenvalue weighted by atomic mass is 9.95. The molecule has 1 aliphatic heterocycles. The second-order valence-corrected chi connectivity index (χ2v) is 6.12. The summed E-state index contributed by atoms with van der Waals surface area (Å²) in [7, 11) is 0. The molecule has 2 aliphatic rings. The molecule has 3 nitrogen and oxygen atoms in total. The molecule has 0 aromatic heterocycles. The van der Waals surface area contributed by atoms with Crippen molar-refractivity contribution in [1.82, 2.24) is 10.2 Å². The minimum absolute atomic E-state index is 0.0829. The Hall–Kier alpha value is -1.61. The maximum Gasteiger partial charge on any atom is 0.240 e. The summed E-state index contributed by atoms with van der Waals surface area (Å²) in [5, 5.41) is 3.41. The fourth-order valence-corrected chi connectivity index (χ4v) is 3.60. The Morgan fingerprint density at radius 2 is 2.00 bits per heavy atom. The van der Waals surface area contributed by atoms with Gasteiger partial charge in [0.05, 0.1) is 6.04 Å². The molecule has 1 aromatic carbocycles. The van der Waals surface area contributed by atoms with Gasteiger partial charge < -0.3 is 10.2 Å². The average Bonchev–Trinajstić information content (AvgIpc) is 3.05. The van der Waals surface area contributed by atoms with Gasteiger partial charge in [-0.15, -0.1) is 6.58 Å². The fourth-order valence-electron chi connectivity index (χ4n) is 3.60. The molecule has 0 spiro atoms. The first-order valence-corrected chi connectivity index (χ1v) is 8.01. The molecule has 1 saturated carbocycles. The molecule has 1 aliphatic carbocycles. The zero-order chi connectivity index (χ0) is 14.7. The van der Waals surface area contributed by atoms with Crippen molar-refractivity contribution in [1.29, 1.82) is 0 Å². The first-order valence-electron chi connectivity index (χ1n) is 8.01. The van der Waals surface area contributed by atoms with Crippen LogP contribution in [0.5, 0.6) is 0 Å². The van der Waals surface area contributed by atoms with E-state index in [4.69, 9.17) is 0 Å². The Kier molecular flexibility index (Phi) is 4.39. The smallest absolute Gasteiger partial charge is 0.240 e. The predicted octanol–water partition coefficient (Wildman–Crippen LogP) is 2.66. The number of hydrogen-bond acceptors (Lipinski definition) is 2. The fraction of sp³-hybridized carbons (Fsp3) is 0.500. The highest BCUT2D eigenvalue weighted by atomic mass is 16.2. The van der Waals surface area contributed by atoms with Crippen molar-refractivity contribution in [2.45, 2.75) is 50.7 Å². The number of nitrogens with one attached hydrogen (secondary N) is 1. The molecule has 1 atom stereocenters. The first kappa shape index (κ1) is 14.3. The lowest BCUT2D eigenvalue weighted by Crippen LogP contribution is -2.52.